The molecule has 2 aromatic carbocycles. The first-order chi connectivity index (χ1) is 10.8. The Bertz CT molecular complexity index is 938. The lowest BCUT2D eigenvalue weighted by Gasteiger charge is -2.11. The van der Waals surface area contributed by atoms with Crippen LogP contribution in [0, 0.1) is 0 Å². The summed E-state index contributed by atoms with van der Waals surface area (Å²) in [5, 5.41) is 0.435. The van der Waals surface area contributed by atoms with Crippen LogP contribution >= 0.6 is 15.9 Å². The Morgan fingerprint density at radius 3 is 2.57 bits per heavy atom. The number of rotatable bonds is 2. The van der Waals surface area contributed by atoms with Crippen molar-refractivity contribution in [2.75, 3.05) is 0 Å². The zero-order valence-corrected chi connectivity index (χ0v) is 12.9. The van der Waals surface area contributed by atoms with Crippen LogP contribution in [0.2, 0.25) is 0 Å². The number of hydrogen-bond acceptors (Lipinski definition) is 3. The van der Waals surface area contributed by atoms with E-state index in [1.54, 1.807) is 24.3 Å². The average molecular weight is 385 g/mol. The SMILES string of the molecule is O=c1[nH]c(-c2ccc(OC(F)(F)F)cc2Br)nc2ccccc12. The zero-order valence-electron chi connectivity index (χ0n) is 11.3. The quantitative estimate of drug-likeness (QED) is 0.718. The Hall–Kier alpha value is -2.35. The van der Waals surface area contributed by atoms with Gasteiger partial charge < -0.3 is 9.72 Å². The molecule has 118 valence electrons. The molecule has 0 aliphatic carbocycles. The maximum absolute atomic E-state index is 12.2. The van der Waals surface area contributed by atoms with Crippen LogP contribution in [0.1, 0.15) is 0 Å². The number of ether oxygens (including phenoxy) is 1. The van der Waals surface area contributed by atoms with E-state index in [1.165, 1.54) is 6.07 Å². The summed E-state index contributed by atoms with van der Waals surface area (Å²) in [6.07, 6.45) is -4.77. The van der Waals surface area contributed by atoms with Gasteiger partial charge in [0.15, 0.2) is 0 Å². The third-order valence-corrected chi connectivity index (χ3v) is 3.70. The van der Waals surface area contributed by atoms with Crippen LogP contribution in [0.25, 0.3) is 22.3 Å². The van der Waals surface area contributed by atoms with E-state index in [4.69, 9.17) is 0 Å². The number of benzene rings is 2. The molecular weight excluding hydrogens is 377 g/mol. The summed E-state index contributed by atoms with van der Waals surface area (Å²) in [6.45, 7) is 0. The van der Waals surface area contributed by atoms with Gasteiger partial charge in [0.1, 0.15) is 11.6 Å². The number of aromatic nitrogens is 2. The molecule has 0 amide bonds. The smallest absolute Gasteiger partial charge is 0.406 e. The molecule has 0 fully saturated rings. The molecule has 0 spiro atoms. The van der Waals surface area contributed by atoms with Crippen molar-refractivity contribution in [3.63, 3.8) is 0 Å². The first-order valence-corrected chi connectivity index (χ1v) is 7.17. The highest BCUT2D eigenvalue weighted by Gasteiger charge is 2.31. The minimum absolute atomic E-state index is 0.249. The summed E-state index contributed by atoms with van der Waals surface area (Å²) < 4.78 is 40.8. The predicted molar refractivity (Wildman–Crippen MR) is 82.2 cm³/mol. The van der Waals surface area contributed by atoms with Gasteiger partial charge >= 0.3 is 6.36 Å². The molecule has 23 heavy (non-hydrogen) atoms. The summed E-state index contributed by atoms with van der Waals surface area (Å²) in [6, 6.07) is 10.5. The van der Waals surface area contributed by atoms with Gasteiger partial charge in [-0.05, 0) is 46.3 Å². The summed E-state index contributed by atoms with van der Waals surface area (Å²) >= 11 is 3.17. The number of halogens is 4. The summed E-state index contributed by atoms with van der Waals surface area (Å²) in [5.41, 5.74) is 0.615. The maximum Gasteiger partial charge on any atom is 0.573 e. The lowest BCUT2D eigenvalue weighted by molar-refractivity contribution is -0.274. The van der Waals surface area contributed by atoms with Crippen LogP contribution in [0.3, 0.4) is 0 Å². The first-order valence-electron chi connectivity index (χ1n) is 6.38. The van der Waals surface area contributed by atoms with E-state index in [2.05, 4.69) is 30.6 Å². The van der Waals surface area contributed by atoms with Crippen molar-refractivity contribution in [1.82, 2.24) is 9.97 Å². The van der Waals surface area contributed by atoms with E-state index in [1.807, 2.05) is 0 Å². The van der Waals surface area contributed by atoms with Gasteiger partial charge in [0.2, 0.25) is 0 Å². The molecule has 4 nitrogen and oxygen atoms in total. The molecule has 3 rings (SSSR count). The summed E-state index contributed by atoms with van der Waals surface area (Å²) in [7, 11) is 0. The highest BCUT2D eigenvalue weighted by atomic mass is 79.9. The molecule has 0 bridgehead atoms. The van der Waals surface area contributed by atoms with Gasteiger partial charge in [-0.3, -0.25) is 4.79 Å². The lowest BCUT2D eigenvalue weighted by Crippen LogP contribution is -2.17. The molecule has 0 saturated heterocycles. The Labute approximate surface area is 136 Å². The van der Waals surface area contributed by atoms with Crippen LogP contribution < -0.4 is 10.3 Å². The molecule has 0 atom stereocenters. The summed E-state index contributed by atoms with van der Waals surface area (Å²) in [4.78, 5) is 19.0. The first kappa shape index (κ1) is 15.5. The Morgan fingerprint density at radius 2 is 1.87 bits per heavy atom. The lowest BCUT2D eigenvalue weighted by atomic mass is 10.2. The van der Waals surface area contributed by atoms with Crippen molar-refractivity contribution in [3.8, 4) is 17.1 Å². The fraction of sp³-hybridized carbons (Fsp3) is 0.0667. The van der Waals surface area contributed by atoms with E-state index in [-0.39, 0.29) is 17.1 Å². The van der Waals surface area contributed by atoms with Crippen molar-refractivity contribution in [3.05, 3.63) is 57.3 Å². The van der Waals surface area contributed by atoms with Gasteiger partial charge in [0.25, 0.3) is 5.56 Å². The fourth-order valence-electron chi connectivity index (χ4n) is 2.10. The molecule has 0 radical (unpaired) electrons. The maximum atomic E-state index is 12.2. The molecule has 1 aromatic heterocycles. The monoisotopic (exact) mass is 384 g/mol. The van der Waals surface area contributed by atoms with Crippen molar-refractivity contribution in [1.29, 1.82) is 0 Å². The molecule has 0 aliphatic heterocycles. The molecular formula is C15H8BrF3N2O2. The molecule has 1 heterocycles. The van der Waals surface area contributed by atoms with Crippen LogP contribution in [-0.4, -0.2) is 16.3 Å². The number of alkyl halides is 3. The van der Waals surface area contributed by atoms with Crippen LogP contribution in [0.4, 0.5) is 13.2 Å². The van der Waals surface area contributed by atoms with Gasteiger partial charge in [0, 0.05) is 10.0 Å². The third kappa shape index (κ3) is 3.37. The van der Waals surface area contributed by atoms with Crippen LogP contribution in [0.5, 0.6) is 5.75 Å². The second-order valence-electron chi connectivity index (χ2n) is 4.62. The van der Waals surface area contributed by atoms with Gasteiger partial charge in [0.05, 0.1) is 10.9 Å². The van der Waals surface area contributed by atoms with Gasteiger partial charge in [-0.25, -0.2) is 4.98 Å². The molecule has 0 unspecified atom stereocenters. The topological polar surface area (TPSA) is 55.0 Å². The van der Waals surface area contributed by atoms with E-state index in [0.717, 1.165) is 12.1 Å². The number of para-hydroxylation sites is 1. The Kier molecular flexibility index (Phi) is 3.85. The minimum Gasteiger partial charge on any atom is -0.406 e. The van der Waals surface area contributed by atoms with Gasteiger partial charge in [-0.2, -0.15) is 0 Å². The zero-order chi connectivity index (χ0) is 16.6. The molecule has 1 N–H and O–H groups in total. The van der Waals surface area contributed by atoms with E-state index < -0.39 is 6.36 Å². The Balaban J connectivity index is 2.07. The number of fused-ring (bicyclic) bond motifs is 1. The van der Waals surface area contributed by atoms with Crippen LogP contribution in [-0.2, 0) is 0 Å². The number of nitrogens with zero attached hydrogens (tertiary/aromatic N) is 1. The molecule has 3 aromatic rings. The largest absolute Gasteiger partial charge is 0.573 e. The van der Waals surface area contributed by atoms with E-state index >= 15 is 0 Å². The van der Waals surface area contributed by atoms with Gasteiger partial charge in [-0.1, -0.05) is 12.1 Å². The number of hydrogen-bond donors (Lipinski definition) is 1. The van der Waals surface area contributed by atoms with E-state index in [0.29, 0.717) is 20.9 Å². The minimum atomic E-state index is -4.77. The predicted octanol–water partition coefficient (Wildman–Crippen LogP) is 4.25. The highest BCUT2D eigenvalue weighted by Crippen LogP contribution is 2.32. The van der Waals surface area contributed by atoms with Crippen molar-refractivity contribution < 1.29 is 17.9 Å². The summed E-state index contributed by atoms with van der Waals surface area (Å²) in [5.74, 6) is -0.115. The van der Waals surface area contributed by atoms with E-state index in [9.17, 15) is 18.0 Å². The van der Waals surface area contributed by atoms with Crippen LogP contribution in [0.15, 0.2) is 51.7 Å². The number of nitrogens with one attached hydrogen (secondary N) is 1. The normalized spacial score (nSPS) is 11.7. The molecule has 0 saturated carbocycles. The average Bonchev–Trinajstić information content (AvgIpc) is 2.45. The Morgan fingerprint density at radius 1 is 1.13 bits per heavy atom. The third-order valence-electron chi connectivity index (χ3n) is 3.04. The van der Waals surface area contributed by atoms with Crippen molar-refractivity contribution in [2.24, 2.45) is 0 Å². The second kappa shape index (κ2) is 5.69. The van der Waals surface area contributed by atoms with Gasteiger partial charge in [-0.15, -0.1) is 13.2 Å². The molecule has 0 aliphatic rings. The fourth-order valence-corrected chi connectivity index (χ4v) is 2.64. The van der Waals surface area contributed by atoms with Crippen molar-refractivity contribution in [2.45, 2.75) is 6.36 Å². The number of H-pyrrole nitrogens is 1. The standard InChI is InChI=1S/C15H8BrF3N2O2/c16-11-7-8(23-15(17,18)19)5-6-9(11)13-20-12-4-2-1-3-10(12)14(22)21-13/h1-7H,(H,20,21,22). The number of aromatic amines is 1. The highest BCUT2D eigenvalue weighted by molar-refractivity contribution is 9.10. The molecule has 8 heteroatoms. The second-order valence-corrected chi connectivity index (χ2v) is 5.48. The van der Waals surface area contributed by atoms with Crippen molar-refractivity contribution >= 4 is 26.8 Å².